The Morgan fingerprint density at radius 1 is 1.10 bits per heavy atom. The number of halogens is 1. The lowest BCUT2D eigenvalue weighted by atomic mass is 10.2. The molecule has 2 rings (SSSR count). The Kier molecular flexibility index (Phi) is 5.39. The predicted molar refractivity (Wildman–Crippen MR) is 89.7 cm³/mol. The molecule has 5 heteroatoms. The second kappa shape index (κ2) is 7.27. The zero-order chi connectivity index (χ0) is 15.2. The van der Waals surface area contributed by atoms with E-state index < -0.39 is 0 Å². The van der Waals surface area contributed by atoms with Crippen molar-refractivity contribution >= 4 is 28.9 Å². The van der Waals surface area contributed by atoms with Crippen LogP contribution in [0, 0.1) is 6.92 Å². The molecule has 0 unspecified atom stereocenters. The van der Waals surface area contributed by atoms with E-state index in [4.69, 9.17) is 11.6 Å². The average Bonchev–Trinajstić information content (AvgIpc) is 2.46. The molecule has 0 bridgehead atoms. The maximum Gasteiger partial charge on any atom is 0.139 e. The van der Waals surface area contributed by atoms with Crippen LogP contribution in [-0.2, 0) is 6.42 Å². The average molecular weight is 305 g/mol. The van der Waals surface area contributed by atoms with Gasteiger partial charge in [-0.1, -0.05) is 30.7 Å². The Morgan fingerprint density at radius 3 is 2.48 bits per heavy atom. The first kappa shape index (κ1) is 15.6. The normalized spacial score (nSPS) is 10.5. The first-order valence-corrected chi connectivity index (χ1v) is 7.66. The van der Waals surface area contributed by atoms with Gasteiger partial charge >= 0.3 is 0 Å². The van der Waals surface area contributed by atoms with E-state index in [1.165, 1.54) is 0 Å². The van der Waals surface area contributed by atoms with E-state index in [9.17, 15) is 0 Å². The SMILES string of the molecule is CCCc1nc(NCC)c(C)c(Nc2ccccc2Cl)n1. The quantitative estimate of drug-likeness (QED) is 0.821. The van der Waals surface area contributed by atoms with Gasteiger partial charge in [-0.2, -0.15) is 0 Å². The largest absolute Gasteiger partial charge is 0.370 e. The second-order valence-corrected chi connectivity index (χ2v) is 5.25. The number of aryl methyl sites for hydroxylation is 1. The zero-order valence-electron chi connectivity index (χ0n) is 12.7. The number of nitrogens with one attached hydrogen (secondary N) is 2. The van der Waals surface area contributed by atoms with Crippen molar-refractivity contribution in [3.8, 4) is 0 Å². The highest BCUT2D eigenvalue weighted by Crippen LogP contribution is 2.28. The van der Waals surface area contributed by atoms with E-state index in [-0.39, 0.29) is 0 Å². The Hall–Kier alpha value is -1.81. The van der Waals surface area contributed by atoms with E-state index in [0.29, 0.717) is 5.02 Å². The van der Waals surface area contributed by atoms with Crippen molar-refractivity contribution in [1.82, 2.24) is 9.97 Å². The molecular weight excluding hydrogens is 284 g/mol. The molecule has 0 fully saturated rings. The van der Waals surface area contributed by atoms with Crippen molar-refractivity contribution < 1.29 is 0 Å². The molecule has 0 atom stereocenters. The summed E-state index contributed by atoms with van der Waals surface area (Å²) in [7, 11) is 0. The Bertz CT molecular complexity index is 613. The smallest absolute Gasteiger partial charge is 0.139 e. The number of aromatic nitrogens is 2. The second-order valence-electron chi connectivity index (χ2n) is 4.85. The van der Waals surface area contributed by atoms with Gasteiger partial charge in [0.25, 0.3) is 0 Å². The van der Waals surface area contributed by atoms with E-state index in [0.717, 1.165) is 48.1 Å². The van der Waals surface area contributed by atoms with Gasteiger partial charge in [-0.15, -0.1) is 0 Å². The number of nitrogens with zero attached hydrogens (tertiary/aromatic N) is 2. The first-order valence-electron chi connectivity index (χ1n) is 7.28. The summed E-state index contributed by atoms with van der Waals surface area (Å²) in [4.78, 5) is 9.20. The highest BCUT2D eigenvalue weighted by molar-refractivity contribution is 6.33. The van der Waals surface area contributed by atoms with E-state index in [2.05, 4.69) is 34.4 Å². The van der Waals surface area contributed by atoms with Crippen molar-refractivity contribution in [2.45, 2.75) is 33.6 Å². The lowest BCUT2D eigenvalue weighted by Crippen LogP contribution is -2.09. The molecule has 4 nitrogen and oxygen atoms in total. The minimum atomic E-state index is 0.678. The Morgan fingerprint density at radius 2 is 1.81 bits per heavy atom. The van der Waals surface area contributed by atoms with Crippen molar-refractivity contribution in [2.75, 3.05) is 17.2 Å². The van der Waals surface area contributed by atoms with Gasteiger partial charge in [0.2, 0.25) is 0 Å². The fourth-order valence-electron chi connectivity index (χ4n) is 2.05. The molecule has 0 spiro atoms. The maximum atomic E-state index is 6.21. The highest BCUT2D eigenvalue weighted by atomic mass is 35.5. The lowest BCUT2D eigenvalue weighted by Gasteiger charge is -2.15. The summed E-state index contributed by atoms with van der Waals surface area (Å²) in [6.07, 6.45) is 1.87. The monoisotopic (exact) mass is 304 g/mol. The molecule has 2 N–H and O–H groups in total. The maximum absolute atomic E-state index is 6.21. The molecule has 1 aromatic heterocycles. The number of benzene rings is 1. The number of para-hydroxylation sites is 1. The molecule has 0 aliphatic rings. The van der Waals surface area contributed by atoms with Gasteiger partial charge in [0.1, 0.15) is 17.5 Å². The zero-order valence-corrected chi connectivity index (χ0v) is 13.5. The summed E-state index contributed by atoms with van der Waals surface area (Å²) < 4.78 is 0. The number of hydrogen-bond donors (Lipinski definition) is 2. The fraction of sp³-hybridized carbons (Fsp3) is 0.375. The Balaban J connectivity index is 2.39. The molecule has 112 valence electrons. The number of anilines is 3. The molecule has 0 aliphatic heterocycles. The van der Waals surface area contributed by atoms with E-state index in [1.807, 2.05) is 31.2 Å². The van der Waals surface area contributed by atoms with Crippen LogP contribution in [0.5, 0.6) is 0 Å². The minimum Gasteiger partial charge on any atom is -0.370 e. The van der Waals surface area contributed by atoms with Crippen LogP contribution in [0.4, 0.5) is 17.3 Å². The molecule has 21 heavy (non-hydrogen) atoms. The van der Waals surface area contributed by atoms with Crippen LogP contribution in [0.1, 0.15) is 31.7 Å². The molecule has 0 saturated heterocycles. The summed E-state index contributed by atoms with van der Waals surface area (Å²) >= 11 is 6.21. The summed E-state index contributed by atoms with van der Waals surface area (Å²) in [6, 6.07) is 7.66. The van der Waals surface area contributed by atoms with Gasteiger partial charge in [-0.3, -0.25) is 0 Å². The molecule has 2 aromatic rings. The van der Waals surface area contributed by atoms with E-state index in [1.54, 1.807) is 0 Å². The first-order chi connectivity index (χ1) is 10.2. The molecule has 1 heterocycles. The number of hydrogen-bond acceptors (Lipinski definition) is 4. The third kappa shape index (κ3) is 3.85. The van der Waals surface area contributed by atoms with Crippen molar-refractivity contribution in [3.05, 3.63) is 40.7 Å². The van der Waals surface area contributed by atoms with Crippen molar-refractivity contribution in [1.29, 1.82) is 0 Å². The number of rotatable bonds is 6. The van der Waals surface area contributed by atoms with E-state index >= 15 is 0 Å². The summed E-state index contributed by atoms with van der Waals surface area (Å²) in [5.41, 5.74) is 1.85. The lowest BCUT2D eigenvalue weighted by molar-refractivity contribution is 0.833. The van der Waals surface area contributed by atoms with Crippen molar-refractivity contribution in [3.63, 3.8) is 0 Å². The summed E-state index contributed by atoms with van der Waals surface area (Å²) in [5.74, 6) is 2.52. The van der Waals surface area contributed by atoms with Crippen LogP contribution in [-0.4, -0.2) is 16.5 Å². The van der Waals surface area contributed by atoms with Gasteiger partial charge in [0.15, 0.2) is 0 Å². The molecule has 0 amide bonds. The van der Waals surface area contributed by atoms with Crippen LogP contribution in [0.3, 0.4) is 0 Å². The third-order valence-corrected chi connectivity index (χ3v) is 3.47. The van der Waals surface area contributed by atoms with Gasteiger partial charge in [-0.05, 0) is 32.4 Å². The van der Waals surface area contributed by atoms with Gasteiger partial charge in [0.05, 0.1) is 10.7 Å². The Labute approximate surface area is 131 Å². The molecule has 1 aromatic carbocycles. The standard InChI is InChI=1S/C16H21ClN4/c1-4-8-14-20-15(18-5-2)11(3)16(21-14)19-13-10-7-6-9-12(13)17/h6-7,9-10H,4-5,8H2,1-3H3,(H2,18,19,20,21). The highest BCUT2D eigenvalue weighted by Gasteiger charge is 2.11. The molecule has 0 aliphatic carbocycles. The topological polar surface area (TPSA) is 49.8 Å². The van der Waals surface area contributed by atoms with Gasteiger partial charge in [-0.25, -0.2) is 9.97 Å². The van der Waals surface area contributed by atoms with Gasteiger partial charge < -0.3 is 10.6 Å². The molecule has 0 radical (unpaired) electrons. The molecule has 0 saturated carbocycles. The third-order valence-electron chi connectivity index (χ3n) is 3.14. The summed E-state index contributed by atoms with van der Waals surface area (Å²) in [5, 5.41) is 7.28. The molecular formula is C16H21ClN4. The minimum absolute atomic E-state index is 0.678. The van der Waals surface area contributed by atoms with Crippen LogP contribution in [0.2, 0.25) is 5.02 Å². The summed E-state index contributed by atoms with van der Waals surface area (Å²) in [6.45, 7) is 7.02. The van der Waals surface area contributed by atoms with Crippen LogP contribution >= 0.6 is 11.6 Å². The van der Waals surface area contributed by atoms with Crippen LogP contribution in [0.25, 0.3) is 0 Å². The van der Waals surface area contributed by atoms with Crippen LogP contribution in [0.15, 0.2) is 24.3 Å². The predicted octanol–water partition coefficient (Wildman–Crippen LogP) is 4.57. The van der Waals surface area contributed by atoms with Gasteiger partial charge in [0, 0.05) is 18.5 Å². The van der Waals surface area contributed by atoms with Crippen molar-refractivity contribution in [2.24, 2.45) is 0 Å². The van der Waals surface area contributed by atoms with Crippen LogP contribution < -0.4 is 10.6 Å². The fourth-order valence-corrected chi connectivity index (χ4v) is 2.23.